The minimum absolute atomic E-state index is 0.333. The first-order valence-electron chi connectivity index (χ1n) is 7.10. The summed E-state index contributed by atoms with van der Waals surface area (Å²) < 4.78 is 11.2. The summed E-state index contributed by atoms with van der Waals surface area (Å²) in [6.45, 7) is 9.30. The summed E-state index contributed by atoms with van der Waals surface area (Å²) in [7, 11) is 0. The van der Waals surface area contributed by atoms with Crippen LogP contribution in [0.1, 0.15) is 46.5 Å². The van der Waals surface area contributed by atoms with E-state index >= 15 is 0 Å². The largest absolute Gasteiger partial charge is 0.348 e. The van der Waals surface area contributed by atoms with E-state index in [9.17, 15) is 0 Å². The highest BCUT2D eigenvalue weighted by molar-refractivity contribution is 4.80. The summed E-state index contributed by atoms with van der Waals surface area (Å²) in [6, 6.07) is 0.700. The molecule has 17 heavy (non-hydrogen) atoms. The van der Waals surface area contributed by atoms with Gasteiger partial charge >= 0.3 is 0 Å². The van der Waals surface area contributed by atoms with Crippen molar-refractivity contribution in [3.05, 3.63) is 0 Å². The van der Waals surface area contributed by atoms with Crippen molar-refractivity contribution < 1.29 is 9.47 Å². The Labute approximate surface area is 105 Å². The quantitative estimate of drug-likeness (QED) is 0.820. The molecule has 3 nitrogen and oxygen atoms in total. The van der Waals surface area contributed by atoms with E-state index in [0.717, 1.165) is 38.0 Å². The van der Waals surface area contributed by atoms with E-state index in [2.05, 4.69) is 19.2 Å². The van der Waals surface area contributed by atoms with Crippen LogP contribution in [0.5, 0.6) is 0 Å². The van der Waals surface area contributed by atoms with Crippen LogP contribution in [0.2, 0.25) is 0 Å². The summed E-state index contributed by atoms with van der Waals surface area (Å²) in [5.41, 5.74) is 0. The van der Waals surface area contributed by atoms with Crippen molar-refractivity contribution in [1.29, 1.82) is 0 Å². The standard InChI is InChI=1S/C14H27NO2/c1-11-4-5-13(10-12(11)2)15-7-6-14(3)16-8-9-17-14/h11-13,15H,4-10H2,1-3H3/t11-,12+,13-/m1/s1. The van der Waals surface area contributed by atoms with Gasteiger partial charge in [-0.2, -0.15) is 0 Å². The van der Waals surface area contributed by atoms with Gasteiger partial charge in [-0.05, 0) is 38.0 Å². The van der Waals surface area contributed by atoms with Gasteiger partial charge in [0, 0.05) is 19.0 Å². The molecule has 3 heteroatoms. The fourth-order valence-corrected chi connectivity index (χ4v) is 2.94. The molecule has 0 amide bonds. The predicted molar refractivity (Wildman–Crippen MR) is 68.9 cm³/mol. The lowest BCUT2D eigenvalue weighted by atomic mass is 9.79. The molecule has 2 rings (SSSR count). The second-order valence-electron chi connectivity index (χ2n) is 6.00. The maximum Gasteiger partial charge on any atom is 0.166 e. The number of rotatable bonds is 4. The summed E-state index contributed by atoms with van der Waals surface area (Å²) >= 11 is 0. The van der Waals surface area contributed by atoms with Crippen molar-refractivity contribution >= 4 is 0 Å². The van der Waals surface area contributed by atoms with Gasteiger partial charge in [0.05, 0.1) is 13.2 Å². The number of hydrogen-bond donors (Lipinski definition) is 1. The van der Waals surface area contributed by atoms with E-state index in [0.29, 0.717) is 6.04 Å². The van der Waals surface area contributed by atoms with E-state index in [-0.39, 0.29) is 5.79 Å². The molecule has 1 aliphatic heterocycles. The van der Waals surface area contributed by atoms with Crippen LogP contribution >= 0.6 is 0 Å². The third kappa shape index (κ3) is 3.67. The third-order valence-corrected chi connectivity index (χ3v) is 4.51. The molecule has 1 N–H and O–H groups in total. The molecule has 1 aliphatic carbocycles. The lowest BCUT2D eigenvalue weighted by Gasteiger charge is -2.33. The molecule has 0 spiro atoms. The van der Waals surface area contributed by atoms with Crippen molar-refractivity contribution in [1.82, 2.24) is 5.32 Å². The molecule has 0 radical (unpaired) electrons. The van der Waals surface area contributed by atoms with E-state index in [4.69, 9.17) is 9.47 Å². The molecule has 0 bridgehead atoms. The van der Waals surface area contributed by atoms with Crippen LogP contribution in [0.3, 0.4) is 0 Å². The number of nitrogens with one attached hydrogen (secondary N) is 1. The van der Waals surface area contributed by atoms with Gasteiger partial charge in [-0.25, -0.2) is 0 Å². The van der Waals surface area contributed by atoms with Gasteiger partial charge in [0.2, 0.25) is 0 Å². The summed E-state index contributed by atoms with van der Waals surface area (Å²) in [4.78, 5) is 0. The zero-order valence-electron chi connectivity index (χ0n) is 11.5. The molecule has 100 valence electrons. The predicted octanol–water partition coefficient (Wildman–Crippen LogP) is 2.55. The van der Waals surface area contributed by atoms with Crippen molar-refractivity contribution in [2.75, 3.05) is 19.8 Å². The fourth-order valence-electron chi connectivity index (χ4n) is 2.94. The highest BCUT2D eigenvalue weighted by atomic mass is 16.7. The molecule has 0 aromatic carbocycles. The fraction of sp³-hybridized carbons (Fsp3) is 1.00. The smallest absolute Gasteiger partial charge is 0.166 e. The maximum atomic E-state index is 5.61. The monoisotopic (exact) mass is 241 g/mol. The lowest BCUT2D eigenvalue weighted by molar-refractivity contribution is -0.145. The van der Waals surface area contributed by atoms with E-state index in [1.807, 2.05) is 6.92 Å². The molecule has 0 unspecified atom stereocenters. The van der Waals surface area contributed by atoms with Crippen LogP contribution in [0.4, 0.5) is 0 Å². The topological polar surface area (TPSA) is 30.5 Å². The Kier molecular flexibility index (Phi) is 4.45. The van der Waals surface area contributed by atoms with E-state index in [1.165, 1.54) is 19.3 Å². The van der Waals surface area contributed by atoms with Gasteiger partial charge in [0.1, 0.15) is 0 Å². The van der Waals surface area contributed by atoms with Crippen molar-refractivity contribution in [2.24, 2.45) is 11.8 Å². The van der Waals surface area contributed by atoms with Gasteiger partial charge in [-0.15, -0.1) is 0 Å². The average molecular weight is 241 g/mol. The van der Waals surface area contributed by atoms with Gasteiger partial charge in [0.25, 0.3) is 0 Å². The van der Waals surface area contributed by atoms with E-state index < -0.39 is 0 Å². The Morgan fingerprint density at radius 1 is 1.12 bits per heavy atom. The molecule has 2 aliphatic rings. The van der Waals surface area contributed by atoms with Crippen LogP contribution in [0.15, 0.2) is 0 Å². The van der Waals surface area contributed by atoms with Crippen LogP contribution in [-0.2, 0) is 9.47 Å². The molecule has 1 saturated carbocycles. The maximum absolute atomic E-state index is 5.61. The SMILES string of the molecule is C[C@@H]1CC[C@@H](NCCC2(C)OCCO2)C[C@@H]1C. The summed E-state index contributed by atoms with van der Waals surface area (Å²) in [6.07, 6.45) is 4.96. The first-order chi connectivity index (χ1) is 8.09. The molecule has 3 atom stereocenters. The van der Waals surface area contributed by atoms with Gasteiger partial charge < -0.3 is 14.8 Å². The second-order valence-corrected chi connectivity index (χ2v) is 6.00. The highest BCUT2D eigenvalue weighted by Crippen LogP contribution is 2.29. The minimum atomic E-state index is -0.333. The Morgan fingerprint density at radius 2 is 1.82 bits per heavy atom. The lowest BCUT2D eigenvalue weighted by Crippen LogP contribution is -2.39. The number of ether oxygens (including phenoxy) is 2. The van der Waals surface area contributed by atoms with Crippen molar-refractivity contribution in [3.63, 3.8) is 0 Å². The average Bonchev–Trinajstić information content (AvgIpc) is 2.71. The Morgan fingerprint density at radius 3 is 2.47 bits per heavy atom. The first-order valence-corrected chi connectivity index (χ1v) is 7.10. The number of hydrogen-bond acceptors (Lipinski definition) is 3. The van der Waals surface area contributed by atoms with Crippen LogP contribution in [0.25, 0.3) is 0 Å². The second kappa shape index (κ2) is 5.68. The summed E-state index contributed by atoms with van der Waals surface area (Å²) in [5.74, 6) is 1.42. The van der Waals surface area contributed by atoms with E-state index in [1.54, 1.807) is 0 Å². The summed E-state index contributed by atoms with van der Waals surface area (Å²) in [5, 5.41) is 3.66. The normalized spacial score (nSPS) is 37.2. The highest BCUT2D eigenvalue weighted by Gasteiger charge is 2.31. The molecule has 0 aromatic rings. The van der Waals surface area contributed by atoms with Crippen LogP contribution in [0, 0.1) is 11.8 Å². The molecule has 2 fully saturated rings. The zero-order valence-corrected chi connectivity index (χ0v) is 11.5. The van der Waals surface area contributed by atoms with Gasteiger partial charge in [0.15, 0.2) is 5.79 Å². The first kappa shape index (κ1) is 13.3. The molecule has 0 aromatic heterocycles. The van der Waals surface area contributed by atoms with Gasteiger partial charge in [-0.1, -0.05) is 13.8 Å². The van der Waals surface area contributed by atoms with Crippen LogP contribution in [-0.4, -0.2) is 31.6 Å². The minimum Gasteiger partial charge on any atom is -0.348 e. The Bertz CT molecular complexity index is 238. The van der Waals surface area contributed by atoms with Crippen LogP contribution < -0.4 is 5.32 Å². The molecular formula is C14H27NO2. The third-order valence-electron chi connectivity index (χ3n) is 4.51. The zero-order chi connectivity index (χ0) is 12.3. The molecule has 1 heterocycles. The molecule has 1 saturated heterocycles. The van der Waals surface area contributed by atoms with Crippen molar-refractivity contribution in [2.45, 2.75) is 58.3 Å². The molecular weight excluding hydrogens is 214 g/mol. The van der Waals surface area contributed by atoms with Gasteiger partial charge in [-0.3, -0.25) is 0 Å². The van der Waals surface area contributed by atoms with Crippen molar-refractivity contribution in [3.8, 4) is 0 Å². The Hall–Kier alpha value is -0.120. The Balaban J connectivity index is 1.65.